The summed E-state index contributed by atoms with van der Waals surface area (Å²) in [7, 11) is 0. The van der Waals surface area contributed by atoms with Crippen molar-refractivity contribution in [2.75, 3.05) is 29.5 Å². The molecule has 1 aromatic heterocycles. The molecule has 2 rings (SSSR count). The van der Waals surface area contributed by atoms with E-state index in [-0.39, 0.29) is 0 Å². The third-order valence-corrected chi connectivity index (χ3v) is 4.20. The van der Waals surface area contributed by atoms with Crippen molar-refractivity contribution in [1.82, 2.24) is 9.97 Å². The molecule has 2 atom stereocenters. The number of hydrogen-bond acceptors (Lipinski definition) is 5. The number of rotatable bonds is 7. The van der Waals surface area contributed by atoms with Crippen LogP contribution in [0.3, 0.4) is 0 Å². The number of hydrogen-bond donors (Lipinski definition) is 3. The van der Waals surface area contributed by atoms with E-state index in [4.69, 9.17) is 5.73 Å². The van der Waals surface area contributed by atoms with Crippen LogP contribution in [-0.4, -0.2) is 23.1 Å². The van der Waals surface area contributed by atoms with Gasteiger partial charge in [-0.25, -0.2) is 0 Å². The first kappa shape index (κ1) is 15.9. The zero-order chi connectivity index (χ0) is 15.1. The first-order valence-electron chi connectivity index (χ1n) is 8.29. The molecule has 1 aliphatic rings. The second-order valence-electron chi connectivity index (χ2n) is 6.28. The van der Waals surface area contributed by atoms with E-state index in [0.29, 0.717) is 5.95 Å². The van der Waals surface area contributed by atoms with Gasteiger partial charge in [0, 0.05) is 19.2 Å². The molecule has 1 heterocycles. The Bertz CT molecular complexity index is 435. The number of nitrogens with one attached hydrogen (secondary N) is 2. The maximum atomic E-state index is 5.76. The minimum absolute atomic E-state index is 0.324. The summed E-state index contributed by atoms with van der Waals surface area (Å²) in [6, 6.07) is 1.94. The standard InChI is InChI=1S/C16H29N5/c1-3-8-18-14-11-15(21-16(17)20-14)19-9-7-13-6-4-5-12(2)10-13/h11-13H,3-10H2,1-2H3,(H4,17,18,19,20,21). The first-order valence-corrected chi connectivity index (χ1v) is 8.29. The number of nitrogens with two attached hydrogens (primary N) is 1. The van der Waals surface area contributed by atoms with Gasteiger partial charge in [-0.05, 0) is 31.1 Å². The van der Waals surface area contributed by atoms with Crippen molar-refractivity contribution >= 4 is 17.6 Å². The van der Waals surface area contributed by atoms with Crippen LogP contribution in [0.25, 0.3) is 0 Å². The second kappa shape index (κ2) is 8.05. The van der Waals surface area contributed by atoms with Gasteiger partial charge in [0.25, 0.3) is 0 Å². The third-order valence-electron chi connectivity index (χ3n) is 4.20. The minimum atomic E-state index is 0.324. The molecule has 2 unspecified atom stereocenters. The van der Waals surface area contributed by atoms with E-state index in [9.17, 15) is 0 Å². The molecule has 0 radical (unpaired) electrons. The van der Waals surface area contributed by atoms with Gasteiger partial charge in [-0.15, -0.1) is 0 Å². The molecule has 0 saturated heterocycles. The number of nitrogen functional groups attached to an aromatic ring is 1. The van der Waals surface area contributed by atoms with Crippen molar-refractivity contribution in [3.8, 4) is 0 Å². The fraction of sp³-hybridized carbons (Fsp3) is 0.750. The molecule has 21 heavy (non-hydrogen) atoms. The summed E-state index contributed by atoms with van der Waals surface area (Å²) in [5.74, 6) is 3.70. The van der Waals surface area contributed by atoms with Crippen molar-refractivity contribution in [2.45, 2.75) is 52.4 Å². The summed E-state index contributed by atoms with van der Waals surface area (Å²) in [6.45, 7) is 6.36. The molecule has 1 saturated carbocycles. The van der Waals surface area contributed by atoms with Gasteiger partial charge in [0.2, 0.25) is 5.95 Å². The Hall–Kier alpha value is -1.52. The van der Waals surface area contributed by atoms with Crippen LogP contribution < -0.4 is 16.4 Å². The summed E-state index contributed by atoms with van der Waals surface area (Å²) in [4.78, 5) is 8.45. The number of nitrogens with zero attached hydrogens (tertiary/aromatic N) is 2. The van der Waals surface area contributed by atoms with E-state index in [0.717, 1.165) is 43.0 Å². The predicted octanol–water partition coefficient (Wildman–Crippen LogP) is 3.51. The van der Waals surface area contributed by atoms with Crippen LogP contribution in [0.15, 0.2) is 6.07 Å². The molecular weight excluding hydrogens is 262 g/mol. The topological polar surface area (TPSA) is 75.9 Å². The Labute approximate surface area is 128 Å². The smallest absolute Gasteiger partial charge is 0.223 e. The Balaban J connectivity index is 1.80. The molecule has 1 aromatic rings. The van der Waals surface area contributed by atoms with Crippen molar-refractivity contribution in [1.29, 1.82) is 0 Å². The summed E-state index contributed by atoms with van der Waals surface area (Å²) < 4.78 is 0. The van der Waals surface area contributed by atoms with Gasteiger partial charge < -0.3 is 16.4 Å². The Morgan fingerprint density at radius 2 is 1.90 bits per heavy atom. The monoisotopic (exact) mass is 291 g/mol. The Kier molecular flexibility index (Phi) is 6.08. The summed E-state index contributed by atoms with van der Waals surface area (Å²) in [6.07, 6.45) is 7.81. The van der Waals surface area contributed by atoms with Crippen LogP contribution >= 0.6 is 0 Å². The van der Waals surface area contributed by atoms with Gasteiger partial charge in [0.15, 0.2) is 0 Å². The van der Waals surface area contributed by atoms with Gasteiger partial charge in [0.05, 0.1) is 0 Å². The molecule has 0 aliphatic heterocycles. The lowest BCUT2D eigenvalue weighted by atomic mass is 9.81. The lowest BCUT2D eigenvalue weighted by Gasteiger charge is -2.26. The minimum Gasteiger partial charge on any atom is -0.370 e. The maximum Gasteiger partial charge on any atom is 0.223 e. The lowest BCUT2D eigenvalue weighted by molar-refractivity contribution is 0.274. The predicted molar refractivity (Wildman–Crippen MR) is 89.5 cm³/mol. The van der Waals surface area contributed by atoms with Gasteiger partial charge >= 0.3 is 0 Å². The summed E-state index contributed by atoms with van der Waals surface area (Å²) >= 11 is 0. The molecule has 118 valence electrons. The molecule has 1 fully saturated rings. The van der Waals surface area contributed by atoms with E-state index in [2.05, 4.69) is 34.4 Å². The SMILES string of the molecule is CCCNc1cc(NCCC2CCCC(C)C2)nc(N)n1. The Morgan fingerprint density at radius 3 is 2.57 bits per heavy atom. The molecule has 0 aromatic carbocycles. The zero-order valence-corrected chi connectivity index (χ0v) is 13.4. The molecule has 1 aliphatic carbocycles. The van der Waals surface area contributed by atoms with Gasteiger partial charge in [0.1, 0.15) is 11.6 Å². The van der Waals surface area contributed by atoms with Crippen molar-refractivity contribution in [3.63, 3.8) is 0 Å². The largest absolute Gasteiger partial charge is 0.370 e. The summed E-state index contributed by atoms with van der Waals surface area (Å²) in [5, 5.41) is 6.64. The van der Waals surface area contributed by atoms with Crippen molar-refractivity contribution in [3.05, 3.63) is 6.07 Å². The average Bonchev–Trinajstić information content (AvgIpc) is 2.45. The third kappa shape index (κ3) is 5.40. The molecule has 5 heteroatoms. The first-order chi connectivity index (χ1) is 10.2. The quantitative estimate of drug-likeness (QED) is 0.716. The zero-order valence-electron chi connectivity index (χ0n) is 13.4. The van der Waals surface area contributed by atoms with Crippen LogP contribution in [-0.2, 0) is 0 Å². The van der Waals surface area contributed by atoms with Gasteiger partial charge in [-0.1, -0.05) is 33.1 Å². The van der Waals surface area contributed by atoms with Crippen LogP contribution in [0.4, 0.5) is 17.6 Å². The molecule has 0 bridgehead atoms. The van der Waals surface area contributed by atoms with Crippen LogP contribution in [0, 0.1) is 11.8 Å². The van der Waals surface area contributed by atoms with Gasteiger partial charge in [-0.2, -0.15) is 9.97 Å². The van der Waals surface area contributed by atoms with Crippen molar-refractivity contribution in [2.24, 2.45) is 11.8 Å². The van der Waals surface area contributed by atoms with Gasteiger partial charge in [-0.3, -0.25) is 0 Å². The highest BCUT2D eigenvalue weighted by atomic mass is 15.1. The number of anilines is 3. The Morgan fingerprint density at radius 1 is 1.19 bits per heavy atom. The highest BCUT2D eigenvalue weighted by Gasteiger charge is 2.18. The number of aromatic nitrogens is 2. The normalized spacial score (nSPS) is 22.0. The fourth-order valence-corrected chi connectivity index (χ4v) is 3.13. The molecule has 0 spiro atoms. The van der Waals surface area contributed by atoms with Crippen LogP contribution in [0.1, 0.15) is 52.4 Å². The molecular formula is C16H29N5. The van der Waals surface area contributed by atoms with E-state index in [1.165, 1.54) is 32.1 Å². The second-order valence-corrected chi connectivity index (χ2v) is 6.28. The highest BCUT2D eigenvalue weighted by molar-refractivity contribution is 5.50. The van der Waals surface area contributed by atoms with Crippen molar-refractivity contribution < 1.29 is 0 Å². The lowest BCUT2D eigenvalue weighted by Crippen LogP contribution is -2.17. The average molecular weight is 291 g/mol. The molecule has 4 N–H and O–H groups in total. The van der Waals surface area contributed by atoms with E-state index >= 15 is 0 Å². The van der Waals surface area contributed by atoms with Crippen LogP contribution in [0.2, 0.25) is 0 Å². The molecule has 5 nitrogen and oxygen atoms in total. The molecule has 0 amide bonds. The fourth-order valence-electron chi connectivity index (χ4n) is 3.13. The highest BCUT2D eigenvalue weighted by Crippen LogP contribution is 2.30. The maximum absolute atomic E-state index is 5.76. The van der Waals surface area contributed by atoms with Crippen LogP contribution in [0.5, 0.6) is 0 Å². The van der Waals surface area contributed by atoms with E-state index < -0.39 is 0 Å². The summed E-state index contributed by atoms with van der Waals surface area (Å²) in [5.41, 5.74) is 5.76. The van der Waals surface area contributed by atoms with E-state index in [1.807, 2.05) is 6.07 Å². The van der Waals surface area contributed by atoms with E-state index in [1.54, 1.807) is 0 Å².